The van der Waals surface area contributed by atoms with Crippen LogP contribution in [0.2, 0.25) is 0 Å². The summed E-state index contributed by atoms with van der Waals surface area (Å²) in [5.74, 6) is 1.53. The van der Waals surface area contributed by atoms with Crippen LogP contribution in [0.4, 0.5) is 5.82 Å². The average Bonchev–Trinajstić information content (AvgIpc) is 3.14. The molecule has 0 aliphatic carbocycles. The summed E-state index contributed by atoms with van der Waals surface area (Å²) in [5.41, 5.74) is 2.56. The number of aromatic nitrogens is 3. The molecule has 4 rings (SSSR count). The average molecular weight is 381 g/mol. The van der Waals surface area contributed by atoms with Crippen molar-refractivity contribution in [3.8, 4) is 17.0 Å². The zero-order chi connectivity index (χ0) is 20.1. The Morgan fingerprint density at radius 2 is 2.00 bits per heavy atom. The molecule has 3 heterocycles. The van der Waals surface area contributed by atoms with Gasteiger partial charge in [0, 0.05) is 42.7 Å². The number of oxazole rings is 1. The molecule has 0 radical (unpaired) electrons. The topological polar surface area (TPSA) is 87.3 Å². The molecule has 1 unspecified atom stereocenters. The minimum atomic E-state index is 0.0477. The number of phenols is 1. The van der Waals surface area contributed by atoms with E-state index in [1.807, 2.05) is 12.1 Å². The Kier molecular flexibility index (Phi) is 4.30. The molecule has 1 aromatic carbocycles. The Hall–Kier alpha value is -2.67. The van der Waals surface area contributed by atoms with Gasteiger partial charge in [0.05, 0.1) is 5.69 Å². The molecular weight excluding hydrogens is 354 g/mol. The number of phenolic OH excluding ortho intramolecular Hbond substituents is 1. The summed E-state index contributed by atoms with van der Waals surface area (Å²) in [7, 11) is 0. The van der Waals surface area contributed by atoms with Gasteiger partial charge in [-0.1, -0.05) is 0 Å². The maximum Gasteiger partial charge on any atom is 0.192 e. The van der Waals surface area contributed by atoms with E-state index < -0.39 is 0 Å². The van der Waals surface area contributed by atoms with Crippen LogP contribution >= 0.6 is 0 Å². The van der Waals surface area contributed by atoms with Crippen LogP contribution in [-0.4, -0.2) is 44.5 Å². The molecule has 1 aliphatic heterocycles. The van der Waals surface area contributed by atoms with Crippen molar-refractivity contribution in [3.05, 3.63) is 30.2 Å². The Bertz CT molecular complexity index is 1010. The van der Waals surface area contributed by atoms with Crippen LogP contribution in [0.5, 0.6) is 5.75 Å². The lowest BCUT2D eigenvalue weighted by Crippen LogP contribution is -2.53. The lowest BCUT2D eigenvalue weighted by Gasteiger charge is -2.34. The number of rotatable bonds is 3. The Labute approximate surface area is 164 Å². The molecule has 2 N–H and O–H groups in total. The predicted octanol–water partition coefficient (Wildman–Crippen LogP) is 3.66. The molecule has 0 saturated carbocycles. The van der Waals surface area contributed by atoms with Gasteiger partial charge in [-0.3, -0.25) is 0 Å². The third-order valence-electron chi connectivity index (χ3n) is 5.01. The molecule has 7 nitrogen and oxygen atoms in total. The highest BCUT2D eigenvalue weighted by Gasteiger charge is 2.36. The van der Waals surface area contributed by atoms with E-state index in [0.29, 0.717) is 28.2 Å². The normalized spacial score (nSPS) is 20.2. The first-order valence-corrected chi connectivity index (χ1v) is 9.60. The fourth-order valence-electron chi connectivity index (χ4n) is 4.08. The molecule has 0 bridgehead atoms. The summed E-state index contributed by atoms with van der Waals surface area (Å²) in [6.07, 6.45) is 1.05. The minimum Gasteiger partial charge on any atom is -0.507 e. The van der Waals surface area contributed by atoms with E-state index in [2.05, 4.69) is 53.1 Å². The molecule has 3 aromatic rings. The molecular formula is C21H27N5O2. The Morgan fingerprint density at radius 1 is 1.21 bits per heavy atom. The van der Waals surface area contributed by atoms with Gasteiger partial charge >= 0.3 is 0 Å². The number of nitrogens with zero attached hydrogens (tertiary/aromatic N) is 4. The van der Waals surface area contributed by atoms with Crippen molar-refractivity contribution in [2.24, 2.45) is 0 Å². The highest BCUT2D eigenvalue weighted by atomic mass is 16.3. The van der Waals surface area contributed by atoms with E-state index in [-0.39, 0.29) is 16.8 Å². The lowest BCUT2D eigenvalue weighted by molar-refractivity contribution is 0.283. The van der Waals surface area contributed by atoms with Gasteiger partial charge in [-0.25, -0.2) is 4.98 Å². The van der Waals surface area contributed by atoms with E-state index in [9.17, 15) is 5.11 Å². The zero-order valence-electron chi connectivity index (χ0n) is 17.1. The van der Waals surface area contributed by atoms with Gasteiger partial charge in [0.1, 0.15) is 11.3 Å². The minimum absolute atomic E-state index is 0.0477. The molecule has 0 amide bonds. The maximum atomic E-state index is 10.4. The van der Waals surface area contributed by atoms with E-state index in [0.717, 1.165) is 25.3 Å². The predicted molar refractivity (Wildman–Crippen MR) is 110 cm³/mol. The number of aryl methyl sites for hydroxylation is 1. The number of anilines is 1. The molecule has 28 heavy (non-hydrogen) atoms. The first-order chi connectivity index (χ1) is 13.1. The summed E-state index contributed by atoms with van der Waals surface area (Å²) in [6, 6.07) is 7.20. The molecule has 148 valence electrons. The number of nitrogens with one attached hydrogen (secondary N) is 1. The van der Waals surface area contributed by atoms with Crippen molar-refractivity contribution in [1.82, 2.24) is 20.5 Å². The van der Waals surface area contributed by atoms with Gasteiger partial charge in [0.2, 0.25) is 0 Å². The summed E-state index contributed by atoms with van der Waals surface area (Å²) in [5, 5.41) is 22.9. The molecule has 1 fully saturated rings. The Balaban J connectivity index is 1.56. The largest absolute Gasteiger partial charge is 0.507 e. The van der Waals surface area contributed by atoms with E-state index in [1.165, 1.54) is 0 Å². The molecule has 7 heteroatoms. The second-order valence-corrected chi connectivity index (χ2v) is 8.95. The van der Waals surface area contributed by atoms with E-state index >= 15 is 0 Å². The van der Waals surface area contributed by atoms with Crippen LogP contribution in [0, 0.1) is 6.92 Å². The number of hydrogen-bond donors (Lipinski definition) is 2. The smallest absolute Gasteiger partial charge is 0.192 e. The molecule has 1 atom stereocenters. The highest BCUT2D eigenvalue weighted by molar-refractivity contribution is 5.83. The van der Waals surface area contributed by atoms with Gasteiger partial charge < -0.3 is 19.7 Å². The highest BCUT2D eigenvalue weighted by Crippen LogP contribution is 2.33. The van der Waals surface area contributed by atoms with Gasteiger partial charge in [-0.05, 0) is 52.3 Å². The molecule has 0 spiro atoms. The third-order valence-corrected chi connectivity index (χ3v) is 5.01. The molecule has 1 saturated heterocycles. The second kappa shape index (κ2) is 6.44. The van der Waals surface area contributed by atoms with Crippen molar-refractivity contribution in [3.63, 3.8) is 0 Å². The van der Waals surface area contributed by atoms with Gasteiger partial charge in [0.15, 0.2) is 17.3 Å². The summed E-state index contributed by atoms with van der Waals surface area (Å²) < 4.78 is 5.57. The number of aromatic hydroxyl groups is 1. The Morgan fingerprint density at radius 3 is 2.68 bits per heavy atom. The first kappa shape index (κ1) is 18.7. The quantitative estimate of drug-likeness (QED) is 0.716. The first-order valence-electron chi connectivity index (χ1n) is 9.60. The molecule has 2 aromatic heterocycles. The van der Waals surface area contributed by atoms with E-state index in [4.69, 9.17) is 4.42 Å². The zero-order valence-corrected chi connectivity index (χ0v) is 17.1. The van der Waals surface area contributed by atoms with Crippen LogP contribution in [0.1, 0.15) is 40.0 Å². The van der Waals surface area contributed by atoms with Crippen molar-refractivity contribution in [2.45, 2.75) is 52.1 Å². The fourth-order valence-corrected chi connectivity index (χ4v) is 4.08. The standard InChI is InChI=1S/C21H27N5O2/c1-13-22-16-11-17(27)14(10-18(16)28-13)15-6-7-19(24-23-15)26-9-8-21(5,12-26)25-20(2,3)4/h6-7,10-11,25,27H,8-9,12H2,1-5H3. The monoisotopic (exact) mass is 381 g/mol. The van der Waals surface area contributed by atoms with Crippen molar-refractivity contribution >= 4 is 16.9 Å². The summed E-state index contributed by atoms with van der Waals surface area (Å²) in [4.78, 5) is 6.49. The lowest BCUT2D eigenvalue weighted by atomic mass is 9.96. The van der Waals surface area contributed by atoms with Crippen molar-refractivity contribution < 1.29 is 9.52 Å². The second-order valence-electron chi connectivity index (χ2n) is 8.95. The van der Waals surface area contributed by atoms with Crippen molar-refractivity contribution in [1.29, 1.82) is 0 Å². The van der Waals surface area contributed by atoms with Crippen LogP contribution in [-0.2, 0) is 0 Å². The SMILES string of the molecule is Cc1nc2cc(O)c(-c3ccc(N4CCC(C)(NC(C)(C)C)C4)nn3)cc2o1. The van der Waals surface area contributed by atoms with Gasteiger partial charge in [0.25, 0.3) is 0 Å². The van der Waals surface area contributed by atoms with Crippen LogP contribution in [0.25, 0.3) is 22.4 Å². The maximum absolute atomic E-state index is 10.4. The van der Waals surface area contributed by atoms with Gasteiger partial charge in [-0.15, -0.1) is 10.2 Å². The van der Waals surface area contributed by atoms with Crippen LogP contribution in [0.15, 0.2) is 28.7 Å². The van der Waals surface area contributed by atoms with Crippen molar-refractivity contribution in [2.75, 3.05) is 18.0 Å². The van der Waals surface area contributed by atoms with E-state index in [1.54, 1.807) is 19.1 Å². The fraction of sp³-hybridized carbons (Fsp3) is 0.476. The third kappa shape index (κ3) is 3.67. The van der Waals surface area contributed by atoms with Crippen LogP contribution in [0.3, 0.4) is 0 Å². The number of fused-ring (bicyclic) bond motifs is 1. The number of benzene rings is 1. The summed E-state index contributed by atoms with van der Waals surface area (Å²) in [6.45, 7) is 12.4. The summed E-state index contributed by atoms with van der Waals surface area (Å²) >= 11 is 0. The molecule has 1 aliphatic rings. The van der Waals surface area contributed by atoms with Gasteiger partial charge in [-0.2, -0.15) is 0 Å². The van der Waals surface area contributed by atoms with Crippen LogP contribution < -0.4 is 10.2 Å². The number of hydrogen-bond acceptors (Lipinski definition) is 7.